The molecule has 0 atom stereocenters. The predicted molar refractivity (Wildman–Crippen MR) is 108 cm³/mol. The molecular weight excluding hydrogens is 342 g/mol. The lowest BCUT2D eigenvalue weighted by Crippen LogP contribution is -2.32. The first kappa shape index (κ1) is 20.2. The maximum atomic E-state index is 12.4. The summed E-state index contributed by atoms with van der Waals surface area (Å²) >= 11 is 0. The molecule has 2 aromatic carbocycles. The Hall–Kier alpha value is -3.15. The fourth-order valence-corrected chi connectivity index (χ4v) is 2.82. The number of nitrogens with zero attached hydrogens (tertiary/aromatic N) is 1. The molecule has 142 valence electrons. The quantitative estimate of drug-likeness (QED) is 0.818. The zero-order valence-corrected chi connectivity index (χ0v) is 16.1. The van der Waals surface area contributed by atoms with Crippen LogP contribution in [0.25, 0.3) is 0 Å². The molecule has 27 heavy (non-hydrogen) atoms. The molecule has 0 fully saturated rings. The van der Waals surface area contributed by atoms with Gasteiger partial charge in [-0.25, -0.2) is 0 Å². The van der Waals surface area contributed by atoms with E-state index in [4.69, 9.17) is 0 Å². The molecule has 0 radical (unpaired) electrons. The third-order valence-electron chi connectivity index (χ3n) is 4.19. The first-order valence-corrected chi connectivity index (χ1v) is 8.79. The van der Waals surface area contributed by atoms with Gasteiger partial charge >= 0.3 is 0 Å². The number of amides is 3. The smallest absolute Gasteiger partial charge is 0.226 e. The van der Waals surface area contributed by atoms with E-state index < -0.39 is 0 Å². The number of anilines is 3. The monoisotopic (exact) mass is 367 g/mol. The first-order chi connectivity index (χ1) is 12.8. The van der Waals surface area contributed by atoms with Crippen LogP contribution in [0, 0.1) is 13.8 Å². The summed E-state index contributed by atoms with van der Waals surface area (Å²) in [5.41, 5.74) is 4.15. The van der Waals surface area contributed by atoms with Gasteiger partial charge in [-0.15, -0.1) is 0 Å². The lowest BCUT2D eigenvalue weighted by Gasteiger charge is -2.21. The van der Waals surface area contributed by atoms with E-state index in [1.54, 1.807) is 29.2 Å². The van der Waals surface area contributed by atoms with E-state index in [0.29, 0.717) is 11.4 Å². The second-order valence-corrected chi connectivity index (χ2v) is 6.46. The van der Waals surface area contributed by atoms with Crippen molar-refractivity contribution in [3.63, 3.8) is 0 Å². The van der Waals surface area contributed by atoms with Gasteiger partial charge in [0.1, 0.15) is 0 Å². The van der Waals surface area contributed by atoms with Crippen molar-refractivity contribution in [1.29, 1.82) is 0 Å². The van der Waals surface area contributed by atoms with Crippen LogP contribution in [0.2, 0.25) is 0 Å². The Labute approximate surface area is 159 Å². The molecule has 0 heterocycles. The number of carbonyl (C=O) groups is 3. The van der Waals surface area contributed by atoms with Crippen molar-refractivity contribution in [2.75, 3.05) is 22.1 Å². The van der Waals surface area contributed by atoms with Crippen LogP contribution in [0.1, 0.15) is 31.4 Å². The average Bonchev–Trinajstić information content (AvgIpc) is 2.59. The van der Waals surface area contributed by atoms with E-state index in [1.165, 1.54) is 13.8 Å². The van der Waals surface area contributed by atoms with E-state index >= 15 is 0 Å². The van der Waals surface area contributed by atoms with Crippen molar-refractivity contribution in [3.8, 4) is 0 Å². The number of para-hydroxylation sites is 1. The predicted octanol–water partition coefficient (Wildman–Crippen LogP) is 3.64. The minimum Gasteiger partial charge on any atom is -0.326 e. The Balaban J connectivity index is 2.03. The first-order valence-electron chi connectivity index (χ1n) is 8.79. The normalized spacial score (nSPS) is 10.2. The van der Waals surface area contributed by atoms with Gasteiger partial charge in [0.2, 0.25) is 17.7 Å². The molecule has 2 N–H and O–H groups in total. The SMILES string of the molecule is CC(=O)Nc1ccc(N(CCC(=O)Nc2c(C)cccc2C)C(C)=O)cc1. The minimum atomic E-state index is -0.158. The molecule has 6 heteroatoms. The van der Waals surface area contributed by atoms with Gasteiger partial charge in [-0.1, -0.05) is 18.2 Å². The van der Waals surface area contributed by atoms with Gasteiger partial charge in [-0.2, -0.15) is 0 Å². The summed E-state index contributed by atoms with van der Waals surface area (Å²) in [5.74, 6) is -0.454. The van der Waals surface area contributed by atoms with Crippen LogP contribution in [0.4, 0.5) is 17.1 Å². The molecule has 0 saturated heterocycles. The van der Waals surface area contributed by atoms with Crippen LogP contribution in [0.15, 0.2) is 42.5 Å². The molecule has 0 unspecified atom stereocenters. The van der Waals surface area contributed by atoms with Gasteiger partial charge in [-0.05, 0) is 49.2 Å². The highest BCUT2D eigenvalue weighted by Gasteiger charge is 2.14. The van der Waals surface area contributed by atoms with Crippen LogP contribution in [-0.2, 0) is 14.4 Å². The second kappa shape index (κ2) is 8.98. The molecule has 3 amide bonds. The summed E-state index contributed by atoms with van der Waals surface area (Å²) in [7, 11) is 0. The van der Waals surface area contributed by atoms with E-state index in [-0.39, 0.29) is 30.7 Å². The molecular formula is C21H25N3O3. The van der Waals surface area contributed by atoms with Gasteiger partial charge < -0.3 is 15.5 Å². The van der Waals surface area contributed by atoms with Gasteiger partial charge in [0.15, 0.2) is 0 Å². The zero-order chi connectivity index (χ0) is 20.0. The zero-order valence-electron chi connectivity index (χ0n) is 16.1. The van der Waals surface area contributed by atoms with E-state index in [9.17, 15) is 14.4 Å². The van der Waals surface area contributed by atoms with E-state index in [2.05, 4.69) is 10.6 Å². The van der Waals surface area contributed by atoms with Gasteiger partial charge in [-0.3, -0.25) is 14.4 Å². The number of benzene rings is 2. The average molecular weight is 367 g/mol. The molecule has 2 aromatic rings. The molecule has 0 aliphatic carbocycles. The van der Waals surface area contributed by atoms with E-state index in [0.717, 1.165) is 16.8 Å². The number of rotatable bonds is 6. The third-order valence-corrected chi connectivity index (χ3v) is 4.19. The lowest BCUT2D eigenvalue weighted by molar-refractivity contribution is -0.117. The molecule has 6 nitrogen and oxygen atoms in total. The van der Waals surface area contributed by atoms with Gasteiger partial charge in [0.05, 0.1) is 0 Å². The third kappa shape index (κ3) is 5.67. The Morgan fingerprint density at radius 3 is 2.00 bits per heavy atom. The summed E-state index contributed by atoms with van der Waals surface area (Å²) in [6, 6.07) is 12.8. The molecule has 0 spiro atoms. The van der Waals surface area contributed by atoms with Crippen LogP contribution in [0.5, 0.6) is 0 Å². The minimum absolute atomic E-state index is 0.145. The van der Waals surface area contributed by atoms with Crippen molar-refractivity contribution in [1.82, 2.24) is 0 Å². The molecule has 0 bridgehead atoms. The van der Waals surface area contributed by atoms with Crippen molar-refractivity contribution >= 4 is 34.8 Å². The largest absolute Gasteiger partial charge is 0.326 e. The number of aryl methyl sites for hydroxylation is 2. The molecule has 0 saturated carbocycles. The molecule has 0 aliphatic heterocycles. The summed E-state index contributed by atoms with van der Waals surface area (Å²) < 4.78 is 0. The topological polar surface area (TPSA) is 78.5 Å². The van der Waals surface area contributed by atoms with Crippen LogP contribution in [0.3, 0.4) is 0 Å². The second-order valence-electron chi connectivity index (χ2n) is 6.46. The Kier molecular flexibility index (Phi) is 6.71. The van der Waals surface area contributed by atoms with Crippen molar-refractivity contribution in [2.24, 2.45) is 0 Å². The number of nitrogens with one attached hydrogen (secondary N) is 2. The molecule has 2 rings (SSSR count). The fourth-order valence-electron chi connectivity index (χ4n) is 2.82. The van der Waals surface area contributed by atoms with Gasteiger partial charge in [0.25, 0.3) is 0 Å². The summed E-state index contributed by atoms with van der Waals surface area (Å²) in [5, 5.41) is 5.61. The Morgan fingerprint density at radius 1 is 0.889 bits per heavy atom. The maximum Gasteiger partial charge on any atom is 0.226 e. The standard InChI is InChI=1S/C21H25N3O3/c1-14-6-5-7-15(2)21(14)23-20(27)12-13-24(17(4)26)19-10-8-18(9-11-19)22-16(3)25/h5-11H,12-13H2,1-4H3,(H,22,25)(H,23,27). The maximum absolute atomic E-state index is 12.4. The van der Waals surface area contributed by atoms with Gasteiger partial charge in [0, 0.05) is 43.9 Å². The van der Waals surface area contributed by atoms with Crippen molar-refractivity contribution in [3.05, 3.63) is 53.6 Å². The van der Waals surface area contributed by atoms with Crippen LogP contribution >= 0.6 is 0 Å². The number of hydrogen-bond donors (Lipinski definition) is 2. The van der Waals surface area contributed by atoms with Crippen molar-refractivity contribution < 1.29 is 14.4 Å². The highest BCUT2D eigenvalue weighted by Crippen LogP contribution is 2.21. The fraction of sp³-hybridized carbons (Fsp3) is 0.286. The summed E-state index contributed by atoms with van der Waals surface area (Å²) in [4.78, 5) is 37.0. The van der Waals surface area contributed by atoms with Crippen LogP contribution in [-0.4, -0.2) is 24.3 Å². The number of hydrogen-bond acceptors (Lipinski definition) is 3. The van der Waals surface area contributed by atoms with Crippen LogP contribution < -0.4 is 15.5 Å². The number of carbonyl (C=O) groups excluding carboxylic acids is 3. The Bertz CT molecular complexity index is 824. The molecule has 0 aromatic heterocycles. The summed E-state index contributed by atoms with van der Waals surface area (Å²) in [6.07, 6.45) is 0.181. The Morgan fingerprint density at radius 2 is 1.48 bits per heavy atom. The highest BCUT2D eigenvalue weighted by atomic mass is 16.2. The summed E-state index contributed by atoms with van der Waals surface area (Å²) in [6.45, 7) is 7.06. The highest BCUT2D eigenvalue weighted by molar-refractivity contribution is 5.96. The van der Waals surface area contributed by atoms with Crippen molar-refractivity contribution in [2.45, 2.75) is 34.1 Å². The lowest BCUT2D eigenvalue weighted by atomic mass is 10.1. The molecule has 0 aliphatic rings. The van der Waals surface area contributed by atoms with E-state index in [1.807, 2.05) is 32.0 Å².